The zero-order valence-electron chi connectivity index (χ0n) is 26.7. The first kappa shape index (κ1) is 36.0. The molecule has 0 fully saturated rings. The van der Waals surface area contributed by atoms with Crippen molar-refractivity contribution in [1.29, 1.82) is 0 Å². The number of pyridine rings is 1. The number of allylic oxidation sites excluding steroid dienone is 3. The van der Waals surface area contributed by atoms with Crippen molar-refractivity contribution in [2.75, 3.05) is 0 Å². The molecule has 4 heteroatoms. The topological polar surface area (TPSA) is 41.1 Å². The van der Waals surface area contributed by atoms with Crippen LogP contribution in [0.1, 0.15) is 80.7 Å². The second kappa shape index (κ2) is 16.0. The second-order valence-corrected chi connectivity index (χ2v) is 11.2. The Hall–Kier alpha value is -3.24. The van der Waals surface area contributed by atoms with E-state index < -0.39 is 0 Å². The molecule has 0 N–H and O–H groups in total. The molecule has 1 atom stereocenters. The summed E-state index contributed by atoms with van der Waals surface area (Å²) < 4.78 is 0. The summed E-state index contributed by atoms with van der Waals surface area (Å²) in [5, 5.41) is 11.5. The monoisotopic (exact) mass is 735 g/mol. The van der Waals surface area contributed by atoms with Crippen molar-refractivity contribution in [3.63, 3.8) is 0 Å². The summed E-state index contributed by atoms with van der Waals surface area (Å²) in [5.74, 6) is 0.756. The maximum absolute atomic E-state index is 5.31. The van der Waals surface area contributed by atoms with Crippen LogP contribution in [0.3, 0.4) is 0 Å². The van der Waals surface area contributed by atoms with Gasteiger partial charge >= 0.3 is 25.8 Å². The van der Waals surface area contributed by atoms with Gasteiger partial charge in [-0.25, -0.2) is 4.98 Å². The van der Waals surface area contributed by atoms with Crippen LogP contribution in [0.5, 0.6) is 0 Å². The van der Waals surface area contributed by atoms with Gasteiger partial charge in [0.15, 0.2) is 0 Å². The molecule has 1 heterocycles. The molecule has 3 aromatic carbocycles. The fourth-order valence-corrected chi connectivity index (χ4v) is 5.80. The largest absolute Gasteiger partial charge is 4.00 e. The first-order chi connectivity index (χ1) is 19.4. The van der Waals surface area contributed by atoms with Crippen LogP contribution in [0, 0.1) is 14.9 Å². The number of fused-ring (bicyclic) bond motifs is 2. The van der Waals surface area contributed by atoms with Crippen LogP contribution in [0.2, 0.25) is 0 Å². The van der Waals surface area contributed by atoms with Gasteiger partial charge in [-0.15, -0.1) is 23.7 Å². The Morgan fingerprint density at radius 3 is 2.21 bits per heavy atom. The zero-order valence-corrected chi connectivity index (χ0v) is 30.3. The third-order valence-corrected chi connectivity index (χ3v) is 7.81. The van der Waals surface area contributed by atoms with E-state index in [0.29, 0.717) is 11.8 Å². The molecular weight excluding hydrogens is 689 g/mol. The van der Waals surface area contributed by atoms with Gasteiger partial charge in [-0.1, -0.05) is 143 Å². The first-order valence-corrected chi connectivity index (χ1v) is 14.4. The number of rotatable bonds is 9. The summed E-state index contributed by atoms with van der Waals surface area (Å²) in [6.45, 7) is 16.8. The third kappa shape index (κ3) is 7.65. The predicted molar refractivity (Wildman–Crippen MR) is 185 cm³/mol. The van der Waals surface area contributed by atoms with E-state index in [-0.39, 0.29) is 46.7 Å². The molecule has 43 heavy (non-hydrogen) atoms. The standard InChI is InChI=1S/C37H39N3.2CH3.Hf/c1-7-13-28(8-2)38-33-20-10-15-26-14-9-19-31(35(26)33)32-23-22-27-16-11-21-34(36(27)39-32)40-37-29(24(3)4)17-12-18-30(37)25(5)6;;;/h7-9,11-14,16-19,21-25,33H,1-2,10,15,20H2,3-6H3;2*1H3;/q-2;2*-1;+4/b28-13+;;;. The summed E-state index contributed by atoms with van der Waals surface area (Å²) in [4.78, 5) is 5.28. The van der Waals surface area contributed by atoms with Crippen molar-refractivity contribution in [2.24, 2.45) is 0 Å². The smallest absolute Gasteiger partial charge is 0.678 e. The minimum absolute atomic E-state index is 0. The van der Waals surface area contributed by atoms with Gasteiger partial charge < -0.3 is 25.5 Å². The van der Waals surface area contributed by atoms with Crippen LogP contribution in [0.25, 0.3) is 32.8 Å². The summed E-state index contributed by atoms with van der Waals surface area (Å²) >= 11 is 0. The Balaban J connectivity index is 0.00000215. The molecule has 5 rings (SSSR count). The molecule has 0 spiro atoms. The van der Waals surface area contributed by atoms with Crippen molar-refractivity contribution >= 4 is 22.3 Å². The Bertz CT molecular complexity index is 1550. The SMILES string of the molecule is C=C/C=C(\C=C)[N-]C1CCCc2cccc(-c3ccc4cccc([N-]c5c(C(C)C)cccc5C(C)C)c4n3)c21.[CH3-].[CH3-].[Hf+4]. The van der Waals surface area contributed by atoms with Crippen LogP contribution in [0.4, 0.5) is 11.4 Å². The molecule has 1 unspecified atom stereocenters. The summed E-state index contributed by atoms with van der Waals surface area (Å²) in [6.07, 6.45) is 8.68. The molecule has 0 amide bonds. The van der Waals surface area contributed by atoms with E-state index in [4.69, 9.17) is 15.6 Å². The quantitative estimate of drug-likeness (QED) is 0.0959. The van der Waals surface area contributed by atoms with Crippen molar-refractivity contribution < 1.29 is 25.8 Å². The molecule has 4 aromatic rings. The molecule has 220 valence electrons. The van der Waals surface area contributed by atoms with Crippen molar-refractivity contribution in [3.05, 3.63) is 152 Å². The average Bonchev–Trinajstić information content (AvgIpc) is 2.96. The van der Waals surface area contributed by atoms with E-state index >= 15 is 0 Å². The van der Waals surface area contributed by atoms with Gasteiger partial charge in [-0.2, -0.15) is 0 Å². The van der Waals surface area contributed by atoms with Crippen molar-refractivity contribution in [3.8, 4) is 11.3 Å². The average molecular weight is 734 g/mol. The number of para-hydroxylation sites is 2. The van der Waals surface area contributed by atoms with Crippen LogP contribution < -0.4 is 0 Å². The van der Waals surface area contributed by atoms with Gasteiger partial charge in [0, 0.05) is 5.56 Å². The first-order valence-electron chi connectivity index (χ1n) is 14.4. The van der Waals surface area contributed by atoms with E-state index in [0.717, 1.165) is 58.5 Å². The van der Waals surface area contributed by atoms with Crippen LogP contribution >= 0.6 is 0 Å². The van der Waals surface area contributed by atoms with Gasteiger partial charge in [0.2, 0.25) is 0 Å². The molecule has 0 radical (unpaired) electrons. The van der Waals surface area contributed by atoms with E-state index in [9.17, 15) is 0 Å². The fraction of sp³-hybridized carbons (Fsp3) is 0.256. The van der Waals surface area contributed by atoms with Crippen LogP contribution in [-0.2, 0) is 32.3 Å². The third-order valence-electron chi connectivity index (χ3n) is 7.81. The Morgan fingerprint density at radius 1 is 0.884 bits per heavy atom. The summed E-state index contributed by atoms with van der Waals surface area (Å²) in [7, 11) is 0. The molecule has 1 aromatic heterocycles. The molecule has 1 aliphatic carbocycles. The van der Waals surface area contributed by atoms with E-state index in [1.807, 2.05) is 6.08 Å². The van der Waals surface area contributed by atoms with Crippen LogP contribution in [-0.4, -0.2) is 4.98 Å². The predicted octanol–water partition coefficient (Wildman–Crippen LogP) is 12.4. The minimum atomic E-state index is 0. The van der Waals surface area contributed by atoms with Crippen molar-refractivity contribution in [2.45, 2.75) is 64.8 Å². The van der Waals surface area contributed by atoms with Gasteiger partial charge in [0.05, 0.1) is 11.2 Å². The van der Waals surface area contributed by atoms with Gasteiger partial charge in [-0.3, -0.25) is 0 Å². The van der Waals surface area contributed by atoms with Gasteiger partial charge in [0.25, 0.3) is 0 Å². The van der Waals surface area contributed by atoms with Gasteiger partial charge in [0.1, 0.15) is 0 Å². The number of hydrogen-bond donors (Lipinski definition) is 0. The number of aromatic nitrogens is 1. The van der Waals surface area contributed by atoms with E-state index in [2.05, 4.69) is 108 Å². The van der Waals surface area contributed by atoms with Crippen LogP contribution in [0.15, 0.2) is 104 Å². The summed E-state index contributed by atoms with van der Waals surface area (Å²) in [5.41, 5.74) is 11.0. The molecule has 3 nitrogen and oxygen atoms in total. The van der Waals surface area contributed by atoms with Crippen molar-refractivity contribution in [1.82, 2.24) is 4.98 Å². The number of benzene rings is 3. The molecule has 0 bridgehead atoms. The normalized spacial score (nSPS) is 14.2. The maximum Gasteiger partial charge on any atom is 4.00 e. The Morgan fingerprint density at radius 2 is 1.56 bits per heavy atom. The molecule has 0 saturated carbocycles. The van der Waals surface area contributed by atoms with E-state index in [1.54, 1.807) is 12.2 Å². The molecule has 0 saturated heterocycles. The zero-order chi connectivity index (χ0) is 28.2. The Kier molecular flexibility index (Phi) is 13.4. The Labute approximate surface area is 279 Å². The summed E-state index contributed by atoms with van der Waals surface area (Å²) in [6, 6.07) is 23.8. The minimum Gasteiger partial charge on any atom is -0.678 e. The van der Waals surface area contributed by atoms with Gasteiger partial charge in [-0.05, 0) is 40.8 Å². The van der Waals surface area contributed by atoms with E-state index in [1.165, 1.54) is 22.3 Å². The number of aryl methyl sites for hydroxylation is 1. The second-order valence-electron chi connectivity index (χ2n) is 11.2. The molecular formula is C39H45HfN3. The number of nitrogens with zero attached hydrogens (tertiary/aromatic N) is 3. The fourth-order valence-electron chi connectivity index (χ4n) is 5.80. The molecule has 1 aliphatic rings. The molecule has 0 aliphatic heterocycles. The maximum atomic E-state index is 5.31. The number of hydrogen-bond acceptors (Lipinski definition) is 1.